The molecule has 0 fully saturated rings. The number of hydrogen-bond acceptors (Lipinski definition) is 5. The molecule has 27 heavy (non-hydrogen) atoms. The number of carbonyl (C=O) groups is 3. The van der Waals surface area contributed by atoms with Crippen LogP contribution in [0.2, 0.25) is 0 Å². The van der Waals surface area contributed by atoms with E-state index in [-0.39, 0.29) is 5.91 Å². The molecule has 0 aromatic heterocycles. The number of esters is 1. The number of carbonyl (C=O) groups excluding carboxylic acids is 3. The summed E-state index contributed by atoms with van der Waals surface area (Å²) in [6.07, 6.45) is 2.29. The summed E-state index contributed by atoms with van der Waals surface area (Å²) in [4.78, 5) is 35.6. The second kappa shape index (κ2) is 11.2. The van der Waals surface area contributed by atoms with E-state index in [1.165, 1.54) is 7.11 Å². The molecule has 1 aromatic rings. The van der Waals surface area contributed by atoms with E-state index in [1.807, 2.05) is 30.3 Å². The summed E-state index contributed by atoms with van der Waals surface area (Å²) < 4.78 is 9.90. The number of ether oxygens (including phenoxy) is 2. The van der Waals surface area contributed by atoms with Crippen LogP contribution in [0.1, 0.15) is 52.9 Å². The molecule has 1 aromatic carbocycles. The maximum atomic E-state index is 11.9. The molecule has 150 valence electrons. The molecule has 0 heterocycles. The minimum absolute atomic E-state index is 0.0439. The van der Waals surface area contributed by atoms with E-state index in [1.54, 1.807) is 20.8 Å². The minimum atomic E-state index is -0.761. The number of benzene rings is 1. The van der Waals surface area contributed by atoms with E-state index in [0.717, 1.165) is 12.1 Å². The molecular weight excluding hydrogens is 348 g/mol. The van der Waals surface area contributed by atoms with Crippen LogP contribution in [0, 0.1) is 0 Å². The van der Waals surface area contributed by atoms with Crippen LogP contribution in [0.3, 0.4) is 0 Å². The molecule has 7 nitrogen and oxygen atoms in total. The summed E-state index contributed by atoms with van der Waals surface area (Å²) in [6, 6.07) is 8.52. The fourth-order valence-electron chi connectivity index (χ4n) is 2.40. The van der Waals surface area contributed by atoms with Gasteiger partial charge in [-0.1, -0.05) is 31.0 Å². The smallest absolute Gasteiger partial charge is 0.408 e. The summed E-state index contributed by atoms with van der Waals surface area (Å²) in [6.45, 7) is 5.25. The number of amides is 2. The van der Waals surface area contributed by atoms with Crippen LogP contribution >= 0.6 is 0 Å². The molecular formula is C20H30N2O5. The van der Waals surface area contributed by atoms with Crippen molar-refractivity contribution in [2.45, 2.75) is 64.5 Å². The number of alkyl carbamates (subject to hydrolysis) is 1. The van der Waals surface area contributed by atoms with Gasteiger partial charge in [-0.15, -0.1) is 0 Å². The second-order valence-corrected chi connectivity index (χ2v) is 7.24. The van der Waals surface area contributed by atoms with Gasteiger partial charge in [-0.3, -0.25) is 4.79 Å². The molecule has 1 rings (SSSR count). The molecule has 0 aliphatic rings. The Labute approximate surface area is 160 Å². The number of hydrogen-bond donors (Lipinski definition) is 2. The summed E-state index contributed by atoms with van der Waals surface area (Å²) >= 11 is 0. The van der Waals surface area contributed by atoms with Crippen LogP contribution in [0.5, 0.6) is 0 Å². The monoisotopic (exact) mass is 378 g/mol. The molecule has 0 aliphatic carbocycles. The molecule has 0 radical (unpaired) electrons. The molecule has 0 aliphatic heterocycles. The Morgan fingerprint density at radius 1 is 1.04 bits per heavy atom. The average molecular weight is 378 g/mol. The topological polar surface area (TPSA) is 93.7 Å². The molecule has 0 unspecified atom stereocenters. The number of anilines is 1. The summed E-state index contributed by atoms with van der Waals surface area (Å²) in [5, 5.41) is 5.37. The van der Waals surface area contributed by atoms with Gasteiger partial charge < -0.3 is 20.1 Å². The highest BCUT2D eigenvalue weighted by atomic mass is 16.6. The molecule has 0 spiro atoms. The van der Waals surface area contributed by atoms with Crippen LogP contribution < -0.4 is 10.6 Å². The number of rotatable bonds is 9. The highest BCUT2D eigenvalue weighted by molar-refractivity contribution is 5.90. The number of para-hydroxylation sites is 1. The van der Waals surface area contributed by atoms with Crippen molar-refractivity contribution in [2.24, 2.45) is 0 Å². The van der Waals surface area contributed by atoms with Crippen molar-refractivity contribution < 1.29 is 23.9 Å². The van der Waals surface area contributed by atoms with Crippen molar-refractivity contribution in [3.63, 3.8) is 0 Å². The van der Waals surface area contributed by atoms with E-state index in [9.17, 15) is 14.4 Å². The van der Waals surface area contributed by atoms with E-state index >= 15 is 0 Å². The number of nitrogens with one attached hydrogen (secondary N) is 2. The van der Waals surface area contributed by atoms with Gasteiger partial charge in [0.15, 0.2) is 0 Å². The van der Waals surface area contributed by atoms with Gasteiger partial charge in [0.25, 0.3) is 0 Å². The molecule has 0 saturated heterocycles. The van der Waals surface area contributed by atoms with E-state index in [4.69, 9.17) is 9.47 Å². The van der Waals surface area contributed by atoms with Gasteiger partial charge in [0.05, 0.1) is 7.11 Å². The lowest BCUT2D eigenvalue weighted by Gasteiger charge is -2.22. The second-order valence-electron chi connectivity index (χ2n) is 7.24. The lowest BCUT2D eigenvalue weighted by Crippen LogP contribution is -2.44. The third-order valence-electron chi connectivity index (χ3n) is 3.63. The maximum Gasteiger partial charge on any atom is 0.408 e. The van der Waals surface area contributed by atoms with Crippen molar-refractivity contribution in [1.82, 2.24) is 5.32 Å². The Morgan fingerprint density at radius 2 is 1.70 bits per heavy atom. The van der Waals surface area contributed by atoms with E-state index in [0.29, 0.717) is 25.7 Å². The Balaban J connectivity index is 2.31. The first kappa shape index (κ1) is 22.5. The molecule has 1 atom stereocenters. The van der Waals surface area contributed by atoms with Crippen LogP contribution in [-0.2, 0) is 19.1 Å². The molecule has 2 amide bonds. The van der Waals surface area contributed by atoms with Gasteiger partial charge in [-0.05, 0) is 45.7 Å². The lowest BCUT2D eigenvalue weighted by atomic mass is 10.1. The Morgan fingerprint density at radius 3 is 2.30 bits per heavy atom. The summed E-state index contributed by atoms with van der Waals surface area (Å²) in [7, 11) is 1.28. The normalized spacial score (nSPS) is 12.0. The fraction of sp³-hybridized carbons (Fsp3) is 0.550. The lowest BCUT2D eigenvalue weighted by molar-refractivity contribution is -0.143. The predicted molar refractivity (Wildman–Crippen MR) is 103 cm³/mol. The van der Waals surface area contributed by atoms with Gasteiger partial charge in [0.1, 0.15) is 11.6 Å². The SMILES string of the molecule is COC(=O)[C@H](CCCCCC(=O)Nc1ccccc1)NC(=O)OC(C)(C)C. The number of methoxy groups -OCH3 is 1. The zero-order chi connectivity index (χ0) is 20.3. The van der Waals surface area contributed by atoms with Crippen molar-refractivity contribution in [1.29, 1.82) is 0 Å². The minimum Gasteiger partial charge on any atom is -0.467 e. The first-order valence-electron chi connectivity index (χ1n) is 9.13. The Bertz CT molecular complexity index is 611. The van der Waals surface area contributed by atoms with Gasteiger partial charge in [0.2, 0.25) is 5.91 Å². The van der Waals surface area contributed by atoms with Gasteiger partial charge in [-0.2, -0.15) is 0 Å². The van der Waals surface area contributed by atoms with Gasteiger partial charge in [-0.25, -0.2) is 9.59 Å². The van der Waals surface area contributed by atoms with Crippen LogP contribution in [0.4, 0.5) is 10.5 Å². The van der Waals surface area contributed by atoms with E-state index in [2.05, 4.69) is 10.6 Å². The van der Waals surface area contributed by atoms with Crippen molar-refractivity contribution in [3.8, 4) is 0 Å². The first-order valence-corrected chi connectivity index (χ1v) is 9.13. The Hall–Kier alpha value is -2.57. The van der Waals surface area contributed by atoms with Crippen molar-refractivity contribution >= 4 is 23.7 Å². The summed E-state index contributed by atoms with van der Waals surface area (Å²) in [5.74, 6) is -0.555. The third-order valence-corrected chi connectivity index (χ3v) is 3.63. The maximum absolute atomic E-state index is 11.9. The molecule has 7 heteroatoms. The van der Waals surface area contributed by atoms with Gasteiger partial charge >= 0.3 is 12.1 Å². The third kappa shape index (κ3) is 10.2. The van der Waals surface area contributed by atoms with Crippen molar-refractivity contribution in [3.05, 3.63) is 30.3 Å². The zero-order valence-corrected chi connectivity index (χ0v) is 16.5. The Kier molecular flexibility index (Phi) is 9.33. The molecule has 0 bridgehead atoms. The number of unbranched alkanes of at least 4 members (excludes halogenated alkanes) is 2. The zero-order valence-electron chi connectivity index (χ0n) is 16.5. The fourth-order valence-corrected chi connectivity index (χ4v) is 2.40. The van der Waals surface area contributed by atoms with Gasteiger partial charge in [0, 0.05) is 12.1 Å². The standard InChI is InChI=1S/C20H30N2O5/c1-20(2,3)27-19(25)22-16(18(24)26-4)13-9-6-10-14-17(23)21-15-11-7-5-8-12-15/h5,7-8,11-12,16H,6,9-10,13-14H2,1-4H3,(H,21,23)(H,22,25)/t16-/m0/s1. The highest BCUT2D eigenvalue weighted by Gasteiger charge is 2.24. The van der Waals surface area contributed by atoms with Crippen LogP contribution in [-0.4, -0.2) is 36.7 Å². The van der Waals surface area contributed by atoms with Crippen LogP contribution in [0.25, 0.3) is 0 Å². The van der Waals surface area contributed by atoms with Crippen molar-refractivity contribution in [2.75, 3.05) is 12.4 Å². The largest absolute Gasteiger partial charge is 0.467 e. The average Bonchev–Trinajstić information content (AvgIpc) is 2.59. The quantitative estimate of drug-likeness (QED) is 0.505. The highest BCUT2D eigenvalue weighted by Crippen LogP contribution is 2.11. The van der Waals surface area contributed by atoms with Crippen LogP contribution in [0.15, 0.2) is 30.3 Å². The molecule has 0 saturated carbocycles. The predicted octanol–water partition coefficient (Wildman–Crippen LogP) is 3.64. The molecule has 2 N–H and O–H groups in total. The summed E-state index contributed by atoms with van der Waals surface area (Å²) in [5.41, 5.74) is 0.131. The van der Waals surface area contributed by atoms with E-state index < -0.39 is 23.7 Å². The first-order chi connectivity index (χ1) is 12.7.